The highest BCUT2D eigenvalue weighted by Gasteiger charge is 2.27. The number of halogens is 1. The molecule has 0 atom stereocenters. The number of carbonyl (C=O) groups is 2. The van der Waals surface area contributed by atoms with Gasteiger partial charge in [0.05, 0.1) is 29.1 Å². The van der Waals surface area contributed by atoms with Crippen LogP contribution < -0.4 is 20.1 Å². The number of ether oxygens (including phenoxy) is 2. The van der Waals surface area contributed by atoms with Gasteiger partial charge in [0.1, 0.15) is 22.9 Å². The highest BCUT2D eigenvalue weighted by molar-refractivity contribution is 9.10. The smallest absolute Gasteiger partial charge is 0.274 e. The largest absolute Gasteiger partial charge is 0.493 e. The van der Waals surface area contributed by atoms with Gasteiger partial charge in [0.2, 0.25) is 0 Å². The van der Waals surface area contributed by atoms with Crippen LogP contribution in [0.25, 0.3) is 0 Å². The standard InChI is InChI=1S/C24H23BrN4O2S.C24H24N4O2S.C2H6O/c1-24(2,16-31-20-8-4-3-6-18(20)25)21-15-32-23(27-21)28-22(30)19-7-5-13-29(19)14-17-9-11-26-12-10-17;1-24(2,17-30-19-7-4-3-5-8-19)21-16-31-23(26-21)27-22(29)20-9-6-14-28(20)15-18-10-12-25-13-11-18;1-2-3/h3-13,15H,14,16H2,1-2H3,(H,27,28,30);3-14,16H,15,17H2,1-2H3,(H,26,27,29);3H,2H2,1H3. The van der Waals surface area contributed by atoms with Gasteiger partial charge >= 0.3 is 0 Å². The Bertz CT molecular complexity index is 2740. The molecule has 342 valence electrons. The molecule has 0 radical (unpaired) electrons. The average Bonchev–Trinajstić information content (AvgIpc) is 4.17. The summed E-state index contributed by atoms with van der Waals surface area (Å²) < 4.78 is 16.7. The van der Waals surface area contributed by atoms with Crippen LogP contribution in [0, 0.1) is 0 Å². The van der Waals surface area contributed by atoms with Crippen LogP contribution in [-0.4, -0.2) is 65.8 Å². The SMILES string of the molecule is CC(C)(COc1ccccc1)c1csc(NC(=O)c2cccn2Cc2ccncc2)n1.CC(C)(COc1ccccc1Br)c1csc(NC(=O)c2cccn2Cc2ccncc2)n1.CCO. The Labute approximate surface area is 401 Å². The minimum atomic E-state index is -0.323. The molecule has 2 amide bonds. The van der Waals surface area contributed by atoms with Crippen molar-refractivity contribution < 1.29 is 24.2 Å². The van der Waals surface area contributed by atoms with Gasteiger partial charge in [-0.1, -0.05) is 58.0 Å². The van der Waals surface area contributed by atoms with Crippen LogP contribution in [0.4, 0.5) is 10.3 Å². The van der Waals surface area contributed by atoms with Gasteiger partial charge in [-0.3, -0.25) is 30.2 Å². The molecule has 0 aliphatic carbocycles. The zero-order valence-electron chi connectivity index (χ0n) is 37.4. The number of nitrogens with one attached hydrogen (secondary N) is 2. The second kappa shape index (κ2) is 23.6. The van der Waals surface area contributed by atoms with E-state index in [-0.39, 0.29) is 29.3 Å². The summed E-state index contributed by atoms with van der Waals surface area (Å²) in [4.78, 5) is 43.1. The van der Waals surface area contributed by atoms with Gasteiger partial charge in [-0.15, -0.1) is 22.7 Å². The quantitative estimate of drug-likeness (QED) is 0.0857. The maximum absolute atomic E-state index is 12.9. The maximum Gasteiger partial charge on any atom is 0.274 e. The van der Waals surface area contributed by atoms with Crippen LogP contribution >= 0.6 is 38.6 Å². The van der Waals surface area contributed by atoms with Crippen molar-refractivity contribution in [3.05, 3.63) is 189 Å². The lowest BCUT2D eigenvalue weighted by atomic mass is 9.91. The van der Waals surface area contributed by atoms with Crippen molar-refractivity contribution in [2.24, 2.45) is 0 Å². The third-order valence-electron chi connectivity index (χ3n) is 9.93. The Kier molecular flexibility index (Phi) is 17.5. The van der Waals surface area contributed by atoms with Crippen molar-refractivity contribution in [3.8, 4) is 11.5 Å². The van der Waals surface area contributed by atoms with E-state index in [2.05, 4.69) is 74.2 Å². The molecule has 0 fully saturated rings. The monoisotopic (exact) mass is 988 g/mol. The summed E-state index contributed by atoms with van der Waals surface area (Å²) in [6.07, 6.45) is 10.8. The lowest BCUT2D eigenvalue weighted by Crippen LogP contribution is -2.27. The third-order valence-corrected chi connectivity index (χ3v) is 12.1. The number of anilines is 2. The zero-order valence-corrected chi connectivity index (χ0v) is 40.6. The lowest BCUT2D eigenvalue weighted by molar-refractivity contribution is 0.101. The number of amides is 2. The van der Waals surface area contributed by atoms with Crippen molar-refractivity contribution in [2.75, 3.05) is 30.5 Å². The molecule has 0 aliphatic heterocycles. The number of rotatable bonds is 16. The van der Waals surface area contributed by atoms with E-state index in [1.54, 1.807) is 37.8 Å². The molecule has 3 N–H and O–H groups in total. The molecule has 0 unspecified atom stereocenters. The van der Waals surface area contributed by atoms with E-state index in [1.807, 2.05) is 129 Å². The van der Waals surface area contributed by atoms with E-state index in [4.69, 9.17) is 14.6 Å². The Morgan fingerprint density at radius 1 is 0.636 bits per heavy atom. The molecule has 0 spiro atoms. The van der Waals surface area contributed by atoms with Gasteiger partial charge in [0, 0.05) is 78.5 Å². The van der Waals surface area contributed by atoms with Crippen LogP contribution in [0.5, 0.6) is 11.5 Å². The van der Waals surface area contributed by atoms with Crippen molar-refractivity contribution in [1.29, 1.82) is 0 Å². The van der Waals surface area contributed by atoms with Gasteiger partial charge in [-0.05, 0) is 107 Å². The molecule has 8 rings (SSSR count). The number of carbonyl (C=O) groups excluding carboxylic acids is 2. The first-order valence-corrected chi connectivity index (χ1v) is 23.7. The van der Waals surface area contributed by atoms with Crippen molar-refractivity contribution >= 4 is 60.7 Å². The first kappa shape index (κ1) is 49.0. The molecule has 6 heterocycles. The first-order valence-electron chi connectivity index (χ1n) is 21.1. The highest BCUT2D eigenvalue weighted by atomic mass is 79.9. The number of aliphatic hydroxyl groups is 1. The van der Waals surface area contributed by atoms with Gasteiger partial charge in [-0.25, -0.2) is 9.97 Å². The van der Waals surface area contributed by atoms with E-state index in [9.17, 15) is 9.59 Å². The molecular formula is C50H53BrN8O5S2. The average molecular weight is 990 g/mol. The van der Waals surface area contributed by atoms with Crippen LogP contribution in [-0.2, 0) is 23.9 Å². The minimum Gasteiger partial charge on any atom is -0.493 e. The summed E-state index contributed by atoms with van der Waals surface area (Å²) in [5.74, 6) is 1.25. The normalized spacial score (nSPS) is 11.1. The summed E-state index contributed by atoms with van der Waals surface area (Å²) in [7, 11) is 0. The Hall–Kier alpha value is -6.46. The summed E-state index contributed by atoms with van der Waals surface area (Å²) in [6, 6.07) is 32.6. The molecule has 2 aromatic carbocycles. The molecule has 0 bridgehead atoms. The van der Waals surface area contributed by atoms with Crippen LogP contribution in [0.2, 0.25) is 0 Å². The molecule has 0 saturated carbocycles. The van der Waals surface area contributed by atoms with E-state index in [0.29, 0.717) is 48.0 Å². The second-order valence-electron chi connectivity index (χ2n) is 16.1. The van der Waals surface area contributed by atoms with Gasteiger partial charge in [0.25, 0.3) is 11.8 Å². The number of nitrogens with zero attached hydrogens (tertiary/aromatic N) is 6. The number of hydrogen-bond acceptors (Lipinski definition) is 11. The number of thiazole rings is 2. The molecular weight excluding hydrogens is 937 g/mol. The Balaban J connectivity index is 0.000000206. The number of para-hydroxylation sites is 2. The van der Waals surface area contributed by atoms with E-state index < -0.39 is 0 Å². The highest BCUT2D eigenvalue weighted by Crippen LogP contribution is 2.31. The summed E-state index contributed by atoms with van der Waals surface area (Å²) >= 11 is 6.33. The van der Waals surface area contributed by atoms with Crippen LogP contribution in [0.3, 0.4) is 0 Å². The fourth-order valence-electron chi connectivity index (χ4n) is 6.24. The predicted octanol–water partition coefficient (Wildman–Crippen LogP) is 10.8. The molecule has 13 nitrogen and oxygen atoms in total. The van der Waals surface area contributed by atoms with Crippen molar-refractivity contribution in [2.45, 2.75) is 58.5 Å². The Morgan fingerprint density at radius 2 is 1.08 bits per heavy atom. The summed E-state index contributed by atoms with van der Waals surface area (Å²) in [5.41, 5.74) is 4.46. The summed E-state index contributed by atoms with van der Waals surface area (Å²) in [5, 5.41) is 18.5. The fraction of sp³-hybridized carbons (Fsp3) is 0.240. The maximum atomic E-state index is 12.9. The molecule has 0 saturated heterocycles. The molecule has 8 aromatic rings. The van der Waals surface area contributed by atoms with E-state index >= 15 is 0 Å². The third kappa shape index (κ3) is 14.0. The zero-order chi connectivity index (χ0) is 46.9. The molecule has 16 heteroatoms. The van der Waals surface area contributed by atoms with Crippen LogP contribution in [0.15, 0.2) is 156 Å². The van der Waals surface area contributed by atoms with Gasteiger partial charge in [-0.2, -0.15) is 0 Å². The lowest BCUT2D eigenvalue weighted by Gasteiger charge is -2.23. The topological polar surface area (TPSA) is 158 Å². The predicted molar refractivity (Wildman–Crippen MR) is 266 cm³/mol. The van der Waals surface area contributed by atoms with Gasteiger partial charge < -0.3 is 23.7 Å². The molecule has 0 aliphatic rings. The number of benzene rings is 2. The second-order valence-corrected chi connectivity index (χ2v) is 18.7. The van der Waals surface area contributed by atoms with Crippen LogP contribution in [0.1, 0.15) is 78.1 Å². The number of aromatic nitrogens is 6. The molecule has 66 heavy (non-hydrogen) atoms. The molecule has 6 aromatic heterocycles. The van der Waals surface area contributed by atoms with E-state index in [1.165, 1.54) is 22.7 Å². The van der Waals surface area contributed by atoms with Crippen molar-refractivity contribution in [1.82, 2.24) is 29.1 Å². The Morgan fingerprint density at radius 3 is 1.55 bits per heavy atom. The van der Waals surface area contributed by atoms with Crippen molar-refractivity contribution in [3.63, 3.8) is 0 Å². The fourth-order valence-corrected chi connectivity index (χ4v) is 8.44. The minimum absolute atomic E-state index is 0.182. The number of aliphatic hydroxyl groups excluding tert-OH is 1. The van der Waals surface area contributed by atoms with E-state index in [0.717, 1.165) is 38.5 Å². The van der Waals surface area contributed by atoms with Gasteiger partial charge in [0.15, 0.2) is 10.3 Å². The number of hydrogen-bond donors (Lipinski definition) is 3. The number of pyridine rings is 2. The first-order chi connectivity index (χ1) is 31.8. The summed E-state index contributed by atoms with van der Waals surface area (Å²) in [6.45, 7) is 12.4.